The molecule has 0 N–H and O–H groups in total. The second-order valence-electron chi connectivity index (χ2n) is 4.38. The van der Waals surface area contributed by atoms with Gasteiger partial charge in [-0.25, -0.2) is 4.68 Å². The van der Waals surface area contributed by atoms with Crippen LogP contribution < -0.4 is 4.74 Å². The first-order chi connectivity index (χ1) is 9.29. The molecule has 0 saturated heterocycles. The number of alkyl halides is 1. The highest BCUT2D eigenvalue weighted by Gasteiger charge is 2.01. The number of rotatable bonds is 7. The molecule has 0 atom stereocenters. The van der Waals surface area contributed by atoms with Crippen LogP contribution in [-0.4, -0.2) is 27.5 Å². The third-order valence-corrected chi connectivity index (χ3v) is 3.09. The van der Waals surface area contributed by atoms with E-state index >= 15 is 0 Å². The molecule has 0 aliphatic carbocycles. The number of para-hydroxylation sites is 1. The quantitative estimate of drug-likeness (QED) is 0.732. The van der Waals surface area contributed by atoms with Gasteiger partial charge < -0.3 is 4.74 Å². The standard InChI is InChI=1S/C14H18ClN3O/c1-12-5-2-3-7-14(12)19-10-9-18-11-13(16-17-18)6-4-8-15/h2-3,5,7,11H,4,6,8-10H2,1H3. The SMILES string of the molecule is Cc1ccccc1OCCn1cc(CCCCl)nn1. The Morgan fingerprint density at radius 2 is 2.16 bits per heavy atom. The molecule has 1 aromatic heterocycles. The lowest BCUT2D eigenvalue weighted by molar-refractivity contribution is 0.288. The lowest BCUT2D eigenvalue weighted by Crippen LogP contribution is -2.09. The molecule has 0 spiro atoms. The van der Waals surface area contributed by atoms with Crippen molar-refractivity contribution in [3.05, 3.63) is 41.7 Å². The van der Waals surface area contributed by atoms with E-state index in [2.05, 4.69) is 10.3 Å². The number of benzene rings is 1. The fourth-order valence-electron chi connectivity index (χ4n) is 1.78. The van der Waals surface area contributed by atoms with Crippen LogP contribution >= 0.6 is 11.6 Å². The Morgan fingerprint density at radius 1 is 1.32 bits per heavy atom. The van der Waals surface area contributed by atoms with Gasteiger partial charge in [0.1, 0.15) is 12.4 Å². The van der Waals surface area contributed by atoms with Crippen molar-refractivity contribution in [1.82, 2.24) is 15.0 Å². The number of nitrogens with zero attached hydrogens (tertiary/aromatic N) is 3. The van der Waals surface area contributed by atoms with Gasteiger partial charge >= 0.3 is 0 Å². The van der Waals surface area contributed by atoms with E-state index in [1.165, 1.54) is 0 Å². The summed E-state index contributed by atoms with van der Waals surface area (Å²) in [5, 5.41) is 8.16. The van der Waals surface area contributed by atoms with Crippen LogP contribution in [0.5, 0.6) is 5.75 Å². The molecule has 102 valence electrons. The van der Waals surface area contributed by atoms with E-state index in [9.17, 15) is 0 Å². The second-order valence-corrected chi connectivity index (χ2v) is 4.76. The summed E-state index contributed by atoms with van der Waals surface area (Å²) in [5.41, 5.74) is 2.13. The number of aromatic nitrogens is 3. The number of ether oxygens (including phenoxy) is 1. The van der Waals surface area contributed by atoms with Crippen molar-refractivity contribution in [3.63, 3.8) is 0 Å². The zero-order chi connectivity index (χ0) is 13.5. The van der Waals surface area contributed by atoms with Gasteiger partial charge in [-0.2, -0.15) is 0 Å². The van der Waals surface area contributed by atoms with Gasteiger partial charge in [0.2, 0.25) is 0 Å². The number of aryl methyl sites for hydroxylation is 2. The Bertz CT molecular complexity index is 513. The Balaban J connectivity index is 1.79. The zero-order valence-electron chi connectivity index (χ0n) is 11.1. The van der Waals surface area contributed by atoms with Gasteiger partial charge in [-0.1, -0.05) is 23.4 Å². The minimum absolute atomic E-state index is 0.586. The van der Waals surface area contributed by atoms with Gasteiger partial charge in [0.25, 0.3) is 0 Å². The predicted octanol–water partition coefficient (Wildman–Crippen LogP) is 2.84. The van der Waals surface area contributed by atoms with E-state index in [4.69, 9.17) is 16.3 Å². The van der Waals surface area contributed by atoms with Crippen LogP contribution in [-0.2, 0) is 13.0 Å². The first-order valence-electron chi connectivity index (χ1n) is 6.43. The van der Waals surface area contributed by atoms with Crippen molar-refractivity contribution in [3.8, 4) is 5.75 Å². The molecule has 2 aromatic rings. The summed E-state index contributed by atoms with van der Waals surface area (Å²) in [6, 6.07) is 7.99. The molecular formula is C14H18ClN3O. The van der Waals surface area contributed by atoms with Gasteiger partial charge in [0.15, 0.2) is 0 Å². The van der Waals surface area contributed by atoms with E-state index in [0.717, 1.165) is 29.8 Å². The molecule has 1 heterocycles. The lowest BCUT2D eigenvalue weighted by atomic mass is 10.2. The Labute approximate surface area is 118 Å². The summed E-state index contributed by atoms with van der Waals surface area (Å²) in [5.74, 6) is 1.58. The van der Waals surface area contributed by atoms with E-state index in [-0.39, 0.29) is 0 Å². The van der Waals surface area contributed by atoms with Gasteiger partial charge in [0.05, 0.1) is 12.2 Å². The van der Waals surface area contributed by atoms with Crippen molar-refractivity contribution >= 4 is 11.6 Å². The first-order valence-corrected chi connectivity index (χ1v) is 6.96. The van der Waals surface area contributed by atoms with Crippen molar-refractivity contribution in [1.29, 1.82) is 0 Å². The molecule has 0 bridgehead atoms. The molecule has 0 aliphatic heterocycles. The molecule has 1 aromatic carbocycles. The summed E-state index contributed by atoms with van der Waals surface area (Å²) in [7, 11) is 0. The molecule has 0 fully saturated rings. The highest BCUT2D eigenvalue weighted by molar-refractivity contribution is 6.17. The molecule has 4 nitrogen and oxygen atoms in total. The summed E-state index contributed by atoms with van der Waals surface area (Å²) in [6.07, 6.45) is 3.76. The fraction of sp³-hybridized carbons (Fsp3) is 0.429. The van der Waals surface area contributed by atoms with Crippen molar-refractivity contribution in [2.45, 2.75) is 26.3 Å². The summed E-state index contributed by atoms with van der Waals surface area (Å²) >= 11 is 5.65. The second kappa shape index (κ2) is 7.14. The van der Waals surface area contributed by atoms with Crippen LogP contribution in [0.25, 0.3) is 0 Å². The molecule has 0 radical (unpaired) electrons. The zero-order valence-corrected chi connectivity index (χ0v) is 11.8. The molecular weight excluding hydrogens is 262 g/mol. The van der Waals surface area contributed by atoms with Gasteiger partial charge in [0, 0.05) is 12.1 Å². The monoisotopic (exact) mass is 279 g/mol. The normalized spacial score (nSPS) is 10.6. The molecule has 19 heavy (non-hydrogen) atoms. The van der Waals surface area contributed by atoms with Crippen LogP contribution in [0.4, 0.5) is 0 Å². The summed E-state index contributed by atoms with van der Waals surface area (Å²) < 4.78 is 7.53. The third kappa shape index (κ3) is 4.24. The van der Waals surface area contributed by atoms with Gasteiger partial charge in [-0.3, -0.25) is 0 Å². The van der Waals surface area contributed by atoms with Crippen LogP contribution in [0.1, 0.15) is 17.7 Å². The van der Waals surface area contributed by atoms with Crippen molar-refractivity contribution in [2.24, 2.45) is 0 Å². The van der Waals surface area contributed by atoms with Gasteiger partial charge in [-0.05, 0) is 31.4 Å². The number of hydrogen-bond donors (Lipinski definition) is 0. The summed E-state index contributed by atoms with van der Waals surface area (Å²) in [6.45, 7) is 3.32. The van der Waals surface area contributed by atoms with E-state index in [1.54, 1.807) is 0 Å². The summed E-state index contributed by atoms with van der Waals surface area (Å²) in [4.78, 5) is 0. The number of hydrogen-bond acceptors (Lipinski definition) is 3. The third-order valence-electron chi connectivity index (χ3n) is 2.82. The molecule has 0 aliphatic rings. The van der Waals surface area contributed by atoms with Crippen molar-refractivity contribution < 1.29 is 4.74 Å². The maximum absolute atomic E-state index is 5.72. The average Bonchev–Trinajstić information content (AvgIpc) is 2.86. The Kier molecular flexibility index (Phi) is 5.21. The van der Waals surface area contributed by atoms with Crippen LogP contribution in [0.15, 0.2) is 30.5 Å². The smallest absolute Gasteiger partial charge is 0.122 e. The highest BCUT2D eigenvalue weighted by atomic mass is 35.5. The van der Waals surface area contributed by atoms with E-state index in [0.29, 0.717) is 19.0 Å². The maximum atomic E-state index is 5.72. The topological polar surface area (TPSA) is 39.9 Å². The number of halogens is 1. The lowest BCUT2D eigenvalue weighted by Gasteiger charge is -2.08. The molecule has 0 amide bonds. The molecule has 5 heteroatoms. The minimum atomic E-state index is 0.586. The average molecular weight is 280 g/mol. The van der Waals surface area contributed by atoms with E-state index < -0.39 is 0 Å². The van der Waals surface area contributed by atoms with Crippen molar-refractivity contribution in [2.75, 3.05) is 12.5 Å². The van der Waals surface area contributed by atoms with Crippen LogP contribution in [0, 0.1) is 6.92 Å². The first kappa shape index (κ1) is 13.9. The van der Waals surface area contributed by atoms with E-state index in [1.807, 2.05) is 42.1 Å². The maximum Gasteiger partial charge on any atom is 0.122 e. The molecule has 0 saturated carbocycles. The van der Waals surface area contributed by atoms with Crippen LogP contribution in [0.2, 0.25) is 0 Å². The Hall–Kier alpha value is -1.55. The Morgan fingerprint density at radius 3 is 2.95 bits per heavy atom. The van der Waals surface area contributed by atoms with Gasteiger partial charge in [-0.15, -0.1) is 16.7 Å². The molecule has 2 rings (SSSR count). The van der Waals surface area contributed by atoms with Crippen LogP contribution in [0.3, 0.4) is 0 Å². The minimum Gasteiger partial charge on any atom is -0.491 e. The largest absolute Gasteiger partial charge is 0.491 e. The molecule has 0 unspecified atom stereocenters. The fourth-order valence-corrected chi connectivity index (χ4v) is 1.91. The highest BCUT2D eigenvalue weighted by Crippen LogP contribution is 2.15. The predicted molar refractivity (Wildman–Crippen MR) is 75.7 cm³/mol.